The molecule has 5 heteroatoms. The molecule has 142 valence electrons. The van der Waals surface area contributed by atoms with Crippen LogP contribution in [0, 0.1) is 23.0 Å². The summed E-state index contributed by atoms with van der Waals surface area (Å²) in [5.74, 6) is -0.734. The Hall–Kier alpha value is -1.49. The number of carbonyl (C=O) groups is 1. The van der Waals surface area contributed by atoms with Crippen LogP contribution in [0.5, 0.6) is 0 Å². The van der Waals surface area contributed by atoms with Crippen LogP contribution in [0.4, 0.5) is 8.78 Å². The molecule has 2 aliphatic heterocycles. The number of carbonyl (C=O) groups excluding carboxylic acids is 1. The molecule has 1 saturated carbocycles. The molecule has 3 nitrogen and oxygen atoms in total. The number of piperidine rings is 1. The van der Waals surface area contributed by atoms with Gasteiger partial charge < -0.3 is 9.80 Å². The molecule has 1 atom stereocenters. The third kappa shape index (κ3) is 3.38. The summed E-state index contributed by atoms with van der Waals surface area (Å²) in [6, 6.07) is 4.21. The summed E-state index contributed by atoms with van der Waals surface area (Å²) in [4.78, 5) is 17.4. The van der Waals surface area contributed by atoms with Crippen molar-refractivity contribution in [3.05, 3.63) is 35.4 Å². The van der Waals surface area contributed by atoms with E-state index in [1.165, 1.54) is 31.7 Å². The largest absolute Gasteiger partial charge is 0.338 e. The van der Waals surface area contributed by atoms with Crippen molar-refractivity contribution in [2.75, 3.05) is 26.2 Å². The average Bonchev–Trinajstić information content (AvgIpc) is 3.27. The van der Waals surface area contributed by atoms with Crippen molar-refractivity contribution < 1.29 is 13.6 Å². The van der Waals surface area contributed by atoms with Gasteiger partial charge in [0.15, 0.2) is 11.6 Å². The van der Waals surface area contributed by atoms with Crippen molar-refractivity contribution in [1.29, 1.82) is 0 Å². The lowest BCUT2D eigenvalue weighted by Gasteiger charge is -2.39. The van der Waals surface area contributed by atoms with Gasteiger partial charge in [-0.15, -0.1) is 0 Å². The van der Waals surface area contributed by atoms with Crippen LogP contribution < -0.4 is 0 Å². The SMILES string of the molecule is O=C1N(Cc2cccc(F)c2F)CCC[C@]12CCN(CC1CCCC1)C2. The lowest BCUT2D eigenvalue weighted by molar-refractivity contribution is -0.146. The Morgan fingerprint density at radius 2 is 1.88 bits per heavy atom. The number of hydrogen-bond donors (Lipinski definition) is 0. The van der Waals surface area contributed by atoms with Crippen LogP contribution in [0.3, 0.4) is 0 Å². The summed E-state index contributed by atoms with van der Waals surface area (Å²) in [5.41, 5.74) is -0.0306. The molecule has 0 aromatic heterocycles. The van der Waals surface area contributed by atoms with Crippen molar-refractivity contribution in [2.24, 2.45) is 11.3 Å². The van der Waals surface area contributed by atoms with Crippen molar-refractivity contribution in [3.63, 3.8) is 0 Å². The fourth-order valence-electron chi connectivity index (χ4n) is 5.23. The molecular weight excluding hydrogens is 334 g/mol. The quantitative estimate of drug-likeness (QED) is 0.809. The normalized spacial score (nSPS) is 27.8. The van der Waals surface area contributed by atoms with Gasteiger partial charge in [-0.3, -0.25) is 4.79 Å². The van der Waals surface area contributed by atoms with Gasteiger partial charge in [0.25, 0.3) is 0 Å². The standard InChI is InChI=1S/C21H28F2N2O/c22-18-8-3-7-17(19(18)23)14-25-11-4-9-21(20(25)26)10-12-24(15-21)13-16-5-1-2-6-16/h3,7-8,16H,1-2,4-6,9-15H2/t21-/m1/s1. The number of amides is 1. The number of halogens is 2. The van der Waals surface area contributed by atoms with Crippen LogP contribution in [0.25, 0.3) is 0 Å². The van der Waals surface area contributed by atoms with Crippen LogP contribution in [0.2, 0.25) is 0 Å². The van der Waals surface area contributed by atoms with Gasteiger partial charge in [-0.1, -0.05) is 25.0 Å². The highest BCUT2D eigenvalue weighted by atomic mass is 19.2. The maximum Gasteiger partial charge on any atom is 0.230 e. The molecule has 0 unspecified atom stereocenters. The van der Waals surface area contributed by atoms with Crippen LogP contribution >= 0.6 is 0 Å². The smallest absolute Gasteiger partial charge is 0.230 e. The molecule has 3 aliphatic rings. The van der Waals surface area contributed by atoms with E-state index >= 15 is 0 Å². The summed E-state index contributed by atoms with van der Waals surface area (Å²) in [6.07, 6.45) is 8.10. The fraction of sp³-hybridized carbons (Fsp3) is 0.667. The molecule has 1 aromatic carbocycles. The van der Waals surface area contributed by atoms with Crippen LogP contribution in [-0.2, 0) is 11.3 Å². The Labute approximate surface area is 154 Å². The number of rotatable bonds is 4. The molecule has 0 N–H and O–H groups in total. The van der Waals surface area contributed by atoms with E-state index in [0.717, 1.165) is 50.9 Å². The van der Waals surface area contributed by atoms with E-state index in [1.807, 2.05) is 0 Å². The van der Waals surface area contributed by atoms with E-state index < -0.39 is 11.6 Å². The zero-order chi connectivity index (χ0) is 18.1. The van der Waals surface area contributed by atoms with Gasteiger partial charge >= 0.3 is 0 Å². The Morgan fingerprint density at radius 1 is 1.08 bits per heavy atom. The zero-order valence-corrected chi connectivity index (χ0v) is 15.4. The molecule has 1 spiro atoms. The second-order valence-electron chi connectivity index (χ2n) is 8.46. The number of benzene rings is 1. The van der Waals surface area contributed by atoms with Crippen molar-refractivity contribution in [1.82, 2.24) is 9.80 Å². The molecule has 1 aliphatic carbocycles. The van der Waals surface area contributed by atoms with Gasteiger partial charge in [-0.2, -0.15) is 0 Å². The molecule has 1 amide bonds. The van der Waals surface area contributed by atoms with Gasteiger partial charge in [0.05, 0.1) is 5.41 Å². The van der Waals surface area contributed by atoms with Gasteiger partial charge in [-0.25, -0.2) is 8.78 Å². The summed E-state index contributed by atoms with van der Waals surface area (Å²) in [7, 11) is 0. The summed E-state index contributed by atoms with van der Waals surface area (Å²) >= 11 is 0. The molecule has 3 fully saturated rings. The molecule has 26 heavy (non-hydrogen) atoms. The van der Waals surface area contributed by atoms with Crippen LogP contribution in [0.15, 0.2) is 18.2 Å². The van der Waals surface area contributed by atoms with E-state index in [0.29, 0.717) is 6.54 Å². The van der Waals surface area contributed by atoms with Gasteiger partial charge in [0.2, 0.25) is 5.91 Å². The molecule has 0 bridgehead atoms. The average molecular weight is 362 g/mol. The predicted molar refractivity (Wildman–Crippen MR) is 96.5 cm³/mol. The first-order valence-corrected chi connectivity index (χ1v) is 10.0. The van der Waals surface area contributed by atoms with E-state index in [2.05, 4.69) is 4.90 Å². The Bertz CT molecular complexity index is 674. The molecule has 0 radical (unpaired) electrons. The number of hydrogen-bond acceptors (Lipinski definition) is 2. The zero-order valence-electron chi connectivity index (χ0n) is 15.4. The van der Waals surface area contributed by atoms with E-state index in [9.17, 15) is 13.6 Å². The lowest BCUT2D eigenvalue weighted by Crippen LogP contribution is -2.49. The van der Waals surface area contributed by atoms with E-state index in [4.69, 9.17) is 0 Å². The maximum atomic E-state index is 14.0. The maximum absolute atomic E-state index is 14.0. The third-order valence-corrected chi connectivity index (χ3v) is 6.64. The minimum atomic E-state index is -0.842. The molecule has 1 aromatic rings. The minimum absolute atomic E-state index is 0.140. The Morgan fingerprint density at radius 3 is 2.69 bits per heavy atom. The van der Waals surface area contributed by atoms with Gasteiger partial charge in [0.1, 0.15) is 0 Å². The Balaban J connectivity index is 1.43. The highest BCUT2D eigenvalue weighted by molar-refractivity contribution is 5.84. The number of likely N-dealkylation sites (tertiary alicyclic amines) is 2. The van der Waals surface area contributed by atoms with Crippen molar-refractivity contribution >= 4 is 5.91 Å². The highest BCUT2D eigenvalue weighted by Gasteiger charge is 2.48. The molecular formula is C21H28F2N2O. The molecule has 2 heterocycles. The minimum Gasteiger partial charge on any atom is -0.338 e. The van der Waals surface area contributed by atoms with E-state index in [1.54, 1.807) is 11.0 Å². The third-order valence-electron chi connectivity index (χ3n) is 6.64. The van der Waals surface area contributed by atoms with E-state index in [-0.39, 0.29) is 23.4 Å². The summed E-state index contributed by atoms with van der Waals surface area (Å²) in [5, 5.41) is 0. The molecule has 4 rings (SSSR count). The van der Waals surface area contributed by atoms with Gasteiger partial charge in [-0.05, 0) is 50.6 Å². The topological polar surface area (TPSA) is 23.6 Å². The second-order valence-corrected chi connectivity index (χ2v) is 8.46. The highest BCUT2D eigenvalue weighted by Crippen LogP contribution is 2.41. The monoisotopic (exact) mass is 362 g/mol. The first-order chi connectivity index (χ1) is 12.6. The van der Waals surface area contributed by atoms with Crippen LogP contribution in [-0.4, -0.2) is 41.9 Å². The van der Waals surface area contributed by atoms with Crippen molar-refractivity contribution in [2.45, 2.75) is 51.5 Å². The lowest BCUT2D eigenvalue weighted by atomic mass is 9.78. The number of nitrogens with zero attached hydrogens (tertiary/aromatic N) is 2. The predicted octanol–water partition coefficient (Wildman–Crippen LogP) is 3.97. The summed E-state index contributed by atoms with van der Waals surface area (Å²) < 4.78 is 27.5. The molecule has 2 saturated heterocycles. The first-order valence-electron chi connectivity index (χ1n) is 10.0. The second kappa shape index (κ2) is 7.26. The first kappa shape index (κ1) is 17.9. The Kier molecular flexibility index (Phi) is 5.00. The van der Waals surface area contributed by atoms with Crippen molar-refractivity contribution in [3.8, 4) is 0 Å². The van der Waals surface area contributed by atoms with Gasteiger partial charge in [0, 0.05) is 31.7 Å². The van der Waals surface area contributed by atoms with Crippen LogP contribution in [0.1, 0.15) is 50.5 Å². The summed E-state index contributed by atoms with van der Waals surface area (Å²) in [6.45, 7) is 3.76. The fourth-order valence-corrected chi connectivity index (χ4v) is 5.23.